The van der Waals surface area contributed by atoms with Crippen LogP contribution in [0.1, 0.15) is 29.6 Å². The first-order chi connectivity index (χ1) is 12.5. The number of ketones is 1. The third kappa shape index (κ3) is 2.91. The van der Waals surface area contributed by atoms with Gasteiger partial charge in [-0.3, -0.25) is 14.4 Å². The number of hydrogen-bond acceptors (Lipinski definition) is 5. The van der Waals surface area contributed by atoms with E-state index in [0.717, 1.165) is 6.42 Å². The molecular weight excluding hydrogens is 379 g/mol. The monoisotopic (exact) mass is 396 g/mol. The summed E-state index contributed by atoms with van der Waals surface area (Å²) in [6.07, 6.45) is 0.724. The van der Waals surface area contributed by atoms with Crippen LogP contribution in [0.4, 0.5) is 0 Å². The van der Waals surface area contributed by atoms with Crippen LogP contribution in [0.5, 0.6) is 0 Å². The summed E-state index contributed by atoms with van der Waals surface area (Å²) in [5, 5.41) is 0.517. The lowest BCUT2D eigenvalue weighted by Gasteiger charge is -2.25. The number of benzene rings is 1. The zero-order valence-electron chi connectivity index (χ0n) is 13.9. The van der Waals surface area contributed by atoms with E-state index in [2.05, 4.69) is 0 Å². The van der Waals surface area contributed by atoms with E-state index in [0.29, 0.717) is 17.0 Å². The Morgan fingerprint density at radius 2 is 1.96 bits per heavy atom. The van der Waals surface area contributed by atoms with Crippen molar-refractivity contribution in [3.05, 3.63) is 34.9 Å². The lowest BCUT2D eigenvalue weighted by atomic mass is 9.80. The molecule has 4 rings (SSSR count). The van der Waals surface area contributed by atoms with Crippen LogP contribution < -0.4 is 0 Å². The predicted octanol–water partition coefficient (Wildman–Crippen LogP) is 3.26. The molecule has 5 nitrogen and oxygen atoms in total. The molecule has 3 fully saturated rings. The van der Waals surface area contributed by atoms with Crippen molar-refractivity contribution in [3.8, 4) is 0 Å². The van der Waals surface area contributed by atoms with Gasteiger partial charge in [-0.1, -0.05) is 11.6 Å². The van der Waals surface area contributed by atoms with Crippen molar-refractivity contribution in [1.82, 2.24) is 0 Å². The van der Waals surface area contributed by atoms with Gasteiger partial charge in [-0.2, -0.15) is 0 Å². The predicted molar refractivity (Wildman–Crippen MR) is 94.1 cm³/mol. The highest BCUT2D eigenvalue weighted by Gasteiger charge is 2.64. The third-order valence-electron chi connectivity index (χ3n) is 5.81. The van der Waals surface area contributed by atoms with E-state index < -0.39 is 23.9 Å². The van der Waals surface area contributed by atoms with E-state index in [1.807, 2.05) is 0 Å². The second-order valence-corrected chi connectivity index (χ2v) is 8.01. The van der Waals surface area contributed by atoms with Crippen LogP contribution in [0.2, 0.25) is 5.02 Å². The van der Waals surface area contributed by atoms with Crippen molar-refractivity contribution in [2.24, 2.45) is 23.7 Å². The normalized spacial score (nSPS) is 32.4. The Labute approximate surface area is 160 Å². The van der Waals surface area contributed by atoms with Crippen LogP contribution in [0.3, 0.4) is 0 Å². The fourth-order valence-electron chi connectivity index (χ4n) is 4.69. The Balaban J connectivity index is 1.50. The van der Waals surface area contributed by atoms with Crippen molar-refractivity contribution in [2.75, 3.05) is 5.88 Å². The standard InChI is InChI=1S/C19H18Cl2O5/c20-6-5-13(17(22)9-1-3-11(21)4-2-9)25-18(23)15-10-7-12-14(8-10)26-19(24)16(12)15/h1-4,10,12-16H,5-8H2/t10-,12+,13+,14+,15-,16-/m1/s1. The summed E-state index contributed by atoms with van der Waals surface area (Å²) in [5.41, 5.74) is 0.408. The van der Waals surface area contributed by atoms with E-state index >= 15 is 0 Å². The van der Waals surface area contributed by atoms with E-state index in [1.165, 1.54) is 0 Å². The first kappa shape index (κ1) is 17.8. The molecule has 2 aliphatic carbocycles. The molecule has 1 aliphatic heterocycles. The smallest absolute Gasteiger partial charge is 0.310 e. The molecule has 3 aliphatic rings. The van der Waals surface area contributed by atoms with Crippen LogP contribution in [0.25, 0.3) is 0 Å². The van der Waals surface area contributed by atoms with Gasteiger partial charge in [-0.25, -0.2) is 0 Å². The Bertz CT molecular complexity index is 745. The molecule has 0 radical (unpaired) electrons. The van der Waals surface area contributed by atoms with Gasteiger partial charge in [0, 0.05) is 28.8 Å². The van der Waals surface area contributed by atoms with Gasteiger partial charge in [0.1, 0.15) is 6.10 Å². The summed E-state index contributed by atoms with van der Waals surface area (Å²) in [6.45, 7) is 0. The van der Waals surface area contributed by atoms with Crippen LogP contribution in [-0.4, -0.2) is 35.8 Å². The summed E-state index contributed by atoms with van der Waals surface area (Å²) in [4.78, 5) is 37.6. The molecule has 1 heterocycles. The molecule has 1 aromatic carbocycles. The summed E-state index contributed by atoms with van der Waals surface area (Å²) >= 11 is 11.7. The van der Waals surface area contributed by atoms with E-state index in [4.69, 9.17) is 32.7 Å². The lowest BCUT2D eigenvalue weighted by Crippen LogP contribution is -2.37. The Morgan fingerprint density at radius 1 is 1.23 bits per heavy atom. The zero-order chi connectivity index (χ0) is 18.4. The summed E-state index contributed by atoms with van der Waals surface area (Å²) < 4.78 is 10.9. The van der Waals surface area contributed by atoms with Gasteiger partial charge in [0.2, 0.25) is 5.78 Å². The average Bonchev–Trinajstić information content (AvgIpc) is 3.23. The van der Waals surface area contributed by atoms with E-state index in [9.17, 15) is 14.4 Å². The summed E-state index contributed by atoms with van der Waals surface area (Å²) in [7, 11) is 0. The maximum absolute atomic E-state index is 12.8. The molecule has 2 bridgehead atoms. The molecule has 0 aromatic heterocycles. The molecule has 0 unspecified atom stereocenters. The van der Waals surface area contributed by atoms with Gasteiger partial charge in [-0.05, 0) is 43.0 Å². The largest absolute Gasteiger partial charge is 0.462 e. The minimum absolute atomic E-state index is 0.0455. The first-order valence-corrected chi connectivity index (χ1v) is 9.67. The Hall–Kier alpha value is -1.59. The number of rotatable bonds is 6. The fourth-order valence-corrected chi connectivity index (χ4v) is 5.01. The van der Waals surface area contributed by atoms with Gasteiger partial charge >= 0.3 is 11.9 Å². The number of fused-ring (bicyclic) bond motifs is 1. The molecule has 2 saturated carbocycles. The summed E-state index contributed by atoms with van der Waals surface area (Å²) in [6, 6.07) is 6.41. The van der Waals surface area contributed by atoms with Crippen LogP contribution >= 0.6 is 23.2 Å². The van der Waals surface area contributed by atoms with E-state index in [-0.39, 0.29) is 42.0 Å². The number of ether oxygens (including phenoxy) is 2. The van der Waals surface area contributed by atoms with Crippen molar-refractivity contribution in [2.45, 2.75) is 31.5 Å². The quantitative estimate of drug-likeness (QED) is 0.419. The number of Topliss-reactive ketones (excluding diaryl/α,β-unsaturated/α-hetero) is 1. The molecule has 1 aromatic rings. The minimum Gasteiger partial charge on any atom is -0.462 e. The number of halogens is 2. The number of alkyl halides is 1. The van der Waals surface area contributed by atoms with Crippen molar-refractivity contribution < 1.29 is 23.9 Å². The second kappa shape index (κ2) is 6.86. The van der Waals surface area contributed by atoms with Gasteiger partial charge in [0.15, 0.2) is 6.10 Å². The molecule has 0 amide bonds. The minimum atomic E-state index is -0.964. The molecule has 0 spiro atoms. The molecule has 6 atom stereocenters. The number of hydrogen-bond donors (Lipinski definition) is 0. The molecule has 138 valence electrons. The van der Waals surface area contributed by atoms with E-state index in [1.54, 1.807) is 24.3 Å². The molecule has 26 heavy (non-hydrogen) atoms. The highest BCUT2D eigenvalue weighted by Crippen LogP contribution is 2.58. The molecule has 7 heteroatoms. The highest BCUT2D eigenvalue weighted by atomic mass is 35.5. The van der Waals surface area contributed by atoms with Gasteiger partial charge in [-0.15, -0.1) is 11.6 Å². The molecular formula is C19H18Cl2O5. The fraction of sp³-hybridized carbons (Fsp3) is 0.526. The average molecular weight is 397 g/mol. The van der Waals surface area contributed by atoms with Crippen molar-refractivity contribution >= 4 is 40.9 Å². The second-order valence-electron chi connectivity index (χ2n) is 7.20. The SMILES string of the molecule is O=C(O[C@@H](CCCl)C(=O)c1ccc(Cl)cc1)[C@@H]1[C@@H]2C[C@@H]3[C@H]1C(=O)O[C@H]3C2. The Kier molecular flexibility index (Phi) is 4.70. The summed E-state index contributed by atoms with van der Waals surface area (Å²) in [5.74, 6) is -1.65. The number of esters is 2. The number of carbonyl (C=O) groups excluding carboxylic acids is 3. The van der Waals surface area contributed by atoms with Crippen molar-refractivity contribution in [3.63, 3.8) is 0 Å². The van der Waals surface area contributed by atoms with Gasteiger partial charge in [0.25, 0.3) is 0 Å². The van der Waals surface area contributed by atoms with Crippen LogP contribution in [0.15, 0.2) is 24.3 Å². The topological polar surface area (TPSA) is 69.7 Å². The molecule has 0 N–H and O–H groups in total. The first-order valence-electron chi connectivity index (χ1n) is 8.76. The number of carbonyl (C=O) groups is 3. The zero-order valence-corrected chi connectivity index (χ0v) is 15.4. The van der Waals surface area contributed by atoms with Crippen LogP contribution in [0, 0.1) is 23.7 Å². The van der Waals surface area contributed by atoms with Crippen LogP contribution in [-0.2, 0) is 19.1 Å². The maximum Gasteiger partial charge on any atom is 0.310 e. The van der Waals surface area contributed by atoms with Gasteiger partial charge < -0.3 is 9.47 Å². The van der Waals surface area contributed by atoms with Gasteiger partial charge in [0.05, 0.1) is 11.8 Å². The molecule has 1 saturated heterocycles. The maximum atomic E-state index is 12.8. The Morgan fingerprint density at radius 3 is 2.65 bits per heavy atom. The third-order valence-corrected chi connectivity index (χ3v) is 6.28. The highest BCUT2D eigenvalue weighted by molar-refractivity contribution is 6.30. The lowest BCUT2D eigenvalue weighted by molar-refractivity contribution is -0.158. The van der Waals surface area contributed by atoms with Crippen molar-refractivity contribution in [1.29, 1.82) is 0 Å².